The molecule has 1 heterocycles. The monoisotopic (exact) mass is 217 g/mol. The summed E-state index contributed by atoms with van der Waals surface area (Å²) in [6.45, 7) is 4.10. The van der Waals surface area contributed by atoms with E-state index in [4.69, 9.17) is 0 Å². The van der Waals surface area contributed by atoms with Crippen molar-refractivity contribution < 1.29 is 5.11 Å². The van der Waals surface area contributed by atoms with Crippen molar-refractivity contribution in [1.29, 1.82) is 0 Å². The molecule has 0 fully saturated rings. The lowest BCUT2D eigenvalue weighted by molar-refractivity contribution is 0.218. The van der Waals surface area contributed by atoms with Gasteiger partial charge >= 0.3 is 0 Å². The Hall–Kier alpha value is -1.68. The molecular weight excluding hydrogens is 202 g/mol. The van der Waals surface area contributed by atoms with Crippen LogP contribution >= 0.6 is 0 Å². The lowest BCUT2D eigenvalue weighted by Crippen LogP contribution is -2.24. The second-order valence-corrected chi connectivity index (χ2v) is 4.41. The average Bonchev–Trinajstić information content (AvgIpc) is 2.82. The Kier molecular flexibility index (Phi) is 2.75. The number of aromatic nitrogens is 3. The first-order valence-electron chi connectivity index (χ1n) is 5.22. The Balaban J connectivity index is 2.55. The third-order valence-corrected chi connectivity index (χ3v) is 2.70. The second-order valence-electron chi connectivity index (χ2n) is 4.41. The van der Waals surface area contributed by atoms with Gasteiger partial charge in [-0.3, -0.25) is 0 Å². The van der Waals surface area contributed by atoms with Crippen molar-refractivity contribution >= 4 is 0 Å². The molecule has 1 aromatic carbocycles. The maximum atomic E-state index is 9.42. The molecule has 4 nitrogen and oxygen atoms in total. The molecule has 0 amide bonds. The lowest BCUT2D eigenvalue weighted by atomic mass is 9.84. The Morgan fingerprint density at radius 2 is 2.06 bits per heavy atom. The molecule has 2 rings (SSSR count). The van der Waals surface area contributed by atoms with Gasteiger partial charge in [-0.2, -0.15) is 0 Å². The van der Waals surface area contributed by atoms with E-state index >= 15 is 0 Å². The Morgan fingerprint density at radius 1 is 1.31 bits per heavy atom. The van der Waals surface area contributed by atoms with Crippen molar-refractivity contribution in [2.75, 3.05) is 6.61 Å². The van der Waals surface area contributed by atoms with E-state index in [1.165, 1.54) is 0 Å². The van der Waals surface area contributed by atoms with Crippen molar-refractivity contribution in [3.8, 4) is 5.69 Å². The topological polar surface area (TPSA) is 50.9 Å². The summed E-state index contributed by atoms with van der Waals surface area (Å²) in [5, 5.41) is 17.2. The van der Waals surface area contributed by atoms with Crippen LogP contribution in [0.5, 0.6) is 0 Å². The quantitative estimate of drug-likeness (QED) is 0.848. The van der Waals surface area contributed by atoms with Gasteiger partial charge in [0.25, 0.3) is 0 Å². The summed E-state index contributed by atoms with van der Waals surface area (Å²) in [6, 6.07) is 7.90. The minimum atomic E-state index is -0.289. The van der Waals surface area contributed by atoms with E-state index < -0.39 is 0 Å². The van der Waals surface area contributed by atoms with Gasteiger partial charge in [-0.1, -0.05) is 37.3 Å². The Morgan fingerprint density at radius 3 is 2.69 bits per heavy atom. The highest BCUT2D eigenvalue weighted by Crippen LogP contribution is 2.27. The highest BCUT2D eigenvalue weighted by Gasteiger charge is 2.23. The third kappa shape index (κ3) is 1.84. The molecule has 4 heteroatoms. The molecule has 0 spiro atoms. The molecule has 2 aromatic rings. The number of hydrogen-bond donors (Lipinski definition) is 1. The van der Waals surface area contributed by atoms with Gasteiger partial charge in [0, 0.05) is 5.41 Å². The maximum absolute atomic E-state index is 9.42. The largest absolute Gasteiger partial charge is 0.395 e. The SMILES string of the molecule is CC(C)(CO)c1ccccc1-n1ccnn1. The predicted octanol–water partition coefficient (Wildman–Crippen LogP) is 1.54. The van der Waals surface area contributed by atoms with Crippen LogP contribution in [0.15, 0.2) is 36.7 Å². The average molecular weight is 217 g/mol. The number of benzene rings is 1. The fraction of sp³-hybridized carbons (Fsp3) is 0.333. The smallest absolute Gasteiger partial charge is 0.0701 e. The highest BCUT2D eigenvalue weighted by molar-refractivity contribution is 5.44. The molecule has 0 aliphatic carbocycles. The van der Waals surface area contributed by atoms with Crippen molar-refractivity contribution in [2.45, 2.75) is 19.3 Å². The van der Waals surface area contributed by atoms with Crippen LogP contribution in [0.25, 0.3) is 5.69 Å². The Bertz CT molecular complexity index is 463. The van der Waals surface area contributed by atoms with E-state index in [0.29, 0.717) is 0 Å². The molecule has 1 N–H and O–H groups in total. The van der Waals surface area contributed by atoms with Gasteiger partial charge in [-0.25, -0.2) is 4.68 Å². The Labute approximate surface area is 94.5 Å². The van der Waals surface area contributed by atoms with E-state index in [0.717, 1.165) is 11.3 Å². The van der Waals surface area contributed by atoms with Crippen molar-refractivity contribution in [3.63, 3.8) is 0 Å². The number of nitrogens with zero attached hydrogens (tertiary/aromatic N) is 3. The zero-order valence-corrected chi connectivity index (χ0v) is 9.46. The van der Waals surface area contributed by atoms with Crippen LogP contribution in [0.2, 0.25) is 0 Å². The number of para-hydroxylation sites is 1. The van der Waals surface area contributed by atoms with Crippen molar-refractivity contribution in [3.05, 3.63) is 42.2 Å². The first-order chi connectivity index (χ1) is 7.65. The van der Waals surface area contributed by atoms with Gasteiger partial charge < -0.3 is 5.11 Å². The summed E-state index contributed by atoms with van der Waals surface area (Å²) >= 11 is 0. The maximum Gasteiger partial charge on any atom is 0.0701 e. The van der Waals surface area contributed by atoms with Crippen molar-refractivity contribution in [1.82, 2.24) is 15.0 Å². The summed E-state index contributed by atoms with van der Waals surface area (Å²) < 4.78 is 1.72. The fourth-order valence-corrected chi connectivity index (χ4v) is 1.67. The molecule has 84 valence electrons. The van der Waals surface area contributed by atoms with E-state index in [1.807, 2.05) is 38.1 Å². The first kappa shape index (κ1) is 10.8. The van der Waals surface area contributed by atoms with Gasteiger partial charge in [0.2, 0.25) is 0 Å². The minimum Gasteiger partial charge on any atom is -0.395 e. The summed E-state index contributed by atoms with van der Waals surface area (Å²) in [6.07, 6.45) is 3.44. The molecule has 0 radical (unpaired) electrons. The van der Waals surface area contributed by atoms with E-state index in [-0.39, 0.29) is 12.0 Å². The number of rotatable bonds is 3. The van der Waals surface area contributed by atoms with Crippen LogP contribution in [0.1, 0.15) is 19.4 Å². The van der Waals surface area contributed by atoms with Gasteiger partial charge in [-0.15, -0.1) is 5.10 Å². The van der Waals surface area contributed by atoms with Crippen molar-refractivity contribution in [2.24, 2.45) is 0 Å². The van der Waals surface area contributed by atoms with E-state index in [2.05, 4.69) is 10.3 Å². The molecule has 1 aromatic heterocycles. The molecule has 0 aliphatic heterocycles. The first-order valence-corrected chi connectivity index (χ1v) is 5.22. The number of aliphatic hydroxyl groups excluding tert-OH is 1. The van der Waals surface area contributed by atoms with Crippen LogP contribution in [-0.4, -0.2) is 26.7 Å². The molecule has 16 heavy (non-hydrogen) atoms. The van der Waals surface area contributed by atoms with Crippen LogP contribution < -0.4 is 0 Å². The number of aliphatic hydroxyl groups is 1. The zero-order chi connectivity index (χ0) is 11.6. The molecule has 0 unspecified atom stereocenters. The third-order valence-electron chi connectivity index (χ3n) is 2.70. The van der Waals surface area contributed by atoms with Gasteiger partial charge in [0.15, 0.2) is 0 Å². The highest BCUT2D eigenvalue weighted by atomic mass is 16.3. The molecule has 0 aliphatic rings. The lowest BCUT2D eigenvalue weighted by Gasteiger charge is -2.24. The van der Waals surface area contributed by atoms with Crippen LogP contribution in [-0.2, 0) is 5.41 Å². The number of hydrogen-bond acceptors (Lipinski definition) is 3. The standard InChI is InChI=1S/C12H15N3O/c1-12(2,9-16)10-5-3-4-6-11(10)15-8-7-13-14-15/h3-8,16H,9H2,1-2H3. The summed E-state index contributed by atoms with van der Waals surface area (Å²) in [5.41, 5.74) is 1.73. The summed E-state index contributed by atoms with van der Waals surface area (Å²) in [4.78, 5) is 0. The summed E-state index contributed by atoms with van der Waals surface area (Å²) in [7, 11) is 0. The molecule has 0 saturated carbocycles. The minimum absolute atomic E-state index is 0.0959. The van der Waals surface area contributed by atoms with Gasteiger partial charge in [0.05, 0.1) is 24.7 Å². The molecule has 0 saturated heterocycles. The van der Waals surface area contributed by atoms with E-state index in [1.54, 1.807) is 17.1 Å². The van der Waals surface area contributed by atoms with Crippen LogP contribution in [0.4, 0.5) is 0 Å². The summed E-state index contributed by atoms with van der Waals surface area (Å²) in [5.74, 6) is 0. The van der Waals surface area contributed by atoms with Crippen LogP contribution in [0.3, 0.4) is 0 Å². The van der Waals surface area contributed by atoms with E-state index in [9.17, 15) is 5.11 Å². The molecular formula is C12H15N3O. The molecule has 0 atom stereocenters. The van der Waals surface area contributed by atoms with Gasteiger partial charge in [0.1, 0.15) is 0 Å². The molecule has 0 bridgehead atoms. The van der Waals surface area contributed by atoms with Gasteiger partial charge in [-0.05, 0) is 11.6 Å². The predicted molar refractivity (Wildman–Crippen MR) is 61.5 cm³/mol. The fourth-order valence-electron chi connectivity index (χ4n) is 1.67. The van der Waals surface area contributed by atoms with Crippen LogP contribution in [0, 0.1) is 0 Å². The normalized spacial score (nSPS) is 11.7. The zero-order valence-electron chi connectivity index (χ0n) is 9.46. The second kappa shape index (κ2) is 4.06.